The molecule has 3 aromatic rings. The van der Waals surface area contributed by atoms with Crippen molar-refractivity contribution in [2.45, 2.75) is 6.54 Å². The molecule has 20 heavy (non-hydrogen) atoms. The molecule has 0 radical (unpaired) electrons. The lowest BCUT2D eigenvalue weighted by molar-refractivity contribution is 0.0690. The van der Waals surface area contributed by atoms with Gasteiger partial charge in [-0.25, -0.2) is 14.5 Å². The van der Waals surface area contributed by atoms with E-state index in [0.29, 0.717) is 6.54 Å². The van der Waals surface area contributed by atoms with Gasteiger partial charge in [0, 0.05) is 10.9 Å². The number of benzene rings is 1. The Balaban J connectivity index is 1.78. The summed E-state index contributed by atoms with van der Waals surface area (Å²) in [5.41, 5.74) is 1.83. The van der Waals surface area contributed by atoms with Crippen molar-refractivity contribution in [3.63, 3.8) is 0 Å². The number of carboxylic acid groups (broad SMARTS) is 1. The lowest BCUT2D eigenvalue weighted by Gasteiger charge is -1.96. The summed E-state index contributed by atoms with van der Waals surface area (Å²) in [5.74, 6) is -1.08. The third-order valence-electron chi connectivity index (χ3n) is 2.65. The zero-order chi connectivity index (χ0) is 13.9. The van der Waals surface area contributed by atoms with E-state index < -0.39 is 5.97 Å². The summed E-state index contributed by atoms with van der Waals surface area (Å²) in [4.78, 5) is 15.2. The first-order chi connectivity index (χ1) is 9.72. The van der Waals surface area contributed by atoms with Crippen LogP contribution in [0.4, 0.5) is 0 Å². The van der Waals surface area contributed by atoms with Crippen LogP contribution in [0.3, 0.4) is 0 Å². The Morgan fingerprint density at radius 1 is 1.30 bits per heavy atom. The van der Waals surface area contributed by atoms with Gasteiger partial charge in [0.25, 0.3) is 0 Å². The first kappa shape index (κ1) is 12.5. The molecule has 0 saturated heterocycles. The third-order valence-corrected chi connectivity index (χ3v) is 3.59. The molecular formula is C13H10N4O2S. The summed E-state index contributed by atoms with van der Waals surface area (Å²) < 4.78 is 1.47. The van der Waals surface area contributed by atoms with Crippen LogP contribution >= 0.6 is 11.3 Å². The van der Waals surface area contributed by atoms with Gasteiger partial charge < -0.3 is 5.11 Å². The first-order valence-corrected chi connectivity index (χ1v) is 6.73. The average molecular weight is 286 g/mol. The highest BCUT2D eigenvalue weighted by Gasteiger charge is 2.10. The Morgan fingerprint density at radius 2 is 2.10 bits per heavy atom. The lowest BCUT2D eigenvalue weighted by atomic mass is 10.2. The second-order valence-corrected chi connectivity index (χ2v) is 4.97. The van der Waals surface area contributed by atoms with E-state index in [2.05, 4.69) is 15.3 Å². The number of nitrogens with zero attached hydrogens (tertiary/aromatic N) is 4. The van der Waals surface area contributed by atoms with Crippen molar-refractivity contribution in [3.8, 4) is 10.6 Å². The first-order valence-electron chi connectivity index (χ1n) is 5.85. The maximum Gasteiger partial charge on any atom is 0.358 e. The molecule has 2 heterocycles. The van der Waals surface area contributed by atoms with Crippen molar-refractivity contribution in [1.29, 1.82) is 0 Å². The van der Waals surface area contributed by atoms with Crippen molar-refractivity contribution in [3.05, 3.63) is 53.3 Å². The molecule has 100 valence electrons. The molecule has 3 rings (SSSR count). The van der Waals surface area contributed by atoms with Gasteiger partial charge in [-0.2, -0.15) is 0 Å². The third kappa shape index (κ3) is 2.57. The number of thiazole rings is 1. The fourth-order valence-corrected chi connectivity index (χ4v) is 2.55. The van der Waals surface area contributed by atoms with Gasteiger partial charge >= 0.3 is 5.97 Å². The fourth-order valence-electron chi connectivity index (χ4n) is 1.73. The Hall–Kier alpha value is -2.54. The highest BCUT2D eigenvalue weighted by Crippen LogP contribution is 2.23. The van der Waals surface area contributed by atoms with E-state index in [4.69, 9.17) is 5.11 Å². The molecular weight excluding hydrogens is 276 g/mol. The molecule has 0 atom stereocenters. The minimum atomic E-state index is -1.08. The predicted molar refractivity (Wildman–Crippen MR) is 73.6 cm³/mol. The van der Waals surface area contributed by atoms with E-state index in [-0.39, 0.29) is 5.69 Å². The van der Waals surface area contributed by atoms with Gasteiger partial charge in [0.1, 0.15) is 5.01 Å². The fraction of sp³-hybridized carbons (Fsp3) is 0.0769. The van der Waals surface area contributed by atoms with Gasteiger partial charge in [0.05, 0.1) is 18.4 Å². The molecule has 1 N–H and O–H groups in total. The van der Waals surface area contributed by atoms with Gasteiger partial charge in [-0.3, -0.25) is 0 Å². The Bertz CT molecular complexity index is 736. The molecule has 0 saturated carbocycles. The molecule has 6 nitrogen and oxygen atoms in total. The van der Waals surface area contributed by atoms with Crippen molar-refractivity contribution in [2.24, 2.45) is 0 Å². The molecule has 1 aromatic carbocycles. The van der Waals surface area contributed by atoms with Gasteiger partial charge in [-0.1, -0.05) is 35.5 Å². The second-order valence-electron chi connectivity index (χ2n) is 4.12. The highest BCUT2D eigenvalue weighted by molar-refractivity contribution is 7.13. The summed E-state index contributed by atoms with van der Waals surface area (Å²) in [7, 11) is 0. The Labute approximate surface area is 118 Å². The maximum atomic E-state index is 10.7. The van der Waals surface area contributed by atoms with Crippen LogP contribution in [0.15, 0.2) is 41.9 Å². The predicted octanol–water partition coefficient (Wildman–Crippen LogP) is 2.15. The van der Waals surface area contributed by atoms with Gasteiger partial charge in [-0.15, -0.1) is 16.4 Å². The molecule has 2 aromatic heterocycles. The van der Waals surface area contributed by atoms with Gasteiger partial charge in [0.2, 0.25) is 0 Å². The quantitative estimate of drug-likeness (QED) is 0.794. The molecule has 7 heteroatoms. The standard InChI is InChI=1S/C13H10N4O2S/c18-13(19)11-7-17(16-15-11)6-10-8-20-12(14-10)9-4-2-1-3-5-9/h1-5,7-8H,6H2,(H,18,19). The SMILES string of the molecule is O=C(O)c1cn(Cc2csc(-c3ccccc3)n2)nn1. The smallest absolute Gasteiger partial charge is 0.358 e. The maximum absolute atomic E-state index is 10.7. The van der Waals surface area contributed by atoms with Crippen LogP contribution in [0.1, 0.15) is 16.2 Å². The van der Waals surface area contributed by atoms with Crippen LogP contribution in [0.2, 0.25) is 0 Å². The highest BCUT2D eigenvalue weighted by atomic mass is 32.1. The van der Waals surface area contributed by atoms with Crippen LogP contribution in [0.5, 0.6) is 0 Å². The zero-order valence-electron chi connectivity index (χ0n) is 10.3. The molecule has 0 aliphatic rings. The lowest BCUT2D eigenvalue weighted by Crippen LogP contribution is -2.00. The van der Waals surface area contributed by atoms with E-state index in [1.807, 2.05) is 35.7 Å². The molecule has 0 spiro atoms. The summed E-state index contributed by atoms with van der Waals surface area (Å²) in [5, 5.41) is 19.0. The van der Waals surface area contributed by atoms with Crippen LogP contribution in [-0.2, 0) is 6.54 Å². The topological polar surface area (TPSA) is 80.9 Å². The molecule has 0 bridgehead atoms. The van der Waals surface area contributed by atoms with Crippen molar-refractivity contribution < 1.29 is 9.90 Å². The number of carbonyl (C=O) groups is 1. The molecule has 0 fully saturated rings. The summed E-state index contributed by atoms with van der Waals surface area (Å²) >= 11 is 1.55. The largest absolute Gasteiger partial charge is 0.476 e. The van der Waals surface area contributed by atoms with Crippen LogP contribution < -0.4 is 0 Å². The number of hydrogen-bond acceptors (Lipinski definition) is 5. The number of hydrogen-bond donors (Lipinski definition) is 1. The van der Waals surface area contributed by atoms with Crippen LogP contribution in [0.25, 0.3) is 10.6 Å². The molecule has 0 aliphatic carbocycles. The Morgan fingerprint density at radius 3 is 2.80 bits per heavy atom. The number of rotatable bonds is 4. The number of aromatic nitrogens is 4. The number of aromatic carboxylic acids is 1. The molecule has 0 aliphatic heterocycles. The van der Waals surface area contributed by atoms with E-state index in [1.54, 1.807) is 11.3 Å². The minimum absolute atomic E-state index is 0.0662. The summed E-state index contributed by atoms with van der Waals surface area (Å²) in [6.45, 7) is 0.406. The van der Waals surface area contributed by atoms with E-state index in [1.165, 1.54) is 10.9 Å². The van der Waals surface area contributed by atoms with Crippen molar-refractivity contribution in [2.75, 3.05) is 0 Å². The summed E-state index contributed by atoms with van der Waals surface area (Å²) in [6.07, 6.45) is 1.39. The molecule has 0 unspecified atom stereocenters. The minimum Gasteiger partial charge on any atom is -0.476 e. The van der Waals surface area contributed by atoms with Crippen LogP contribution in [-0.4, -0.2) is 31.1 Å². The monoisotopic (exact) mass is 286 g/mol. The van der Waals surface area contributed by atoms with Gasteiger partial charge in [-0.05, 0) is 0 Å². The molecule has 0 amide bonds. The zero-order valence-corrected chi connectivity index (χ0v) is 11.1. The van der Waals surface area contributed by atoms with E-state index in [9.17, 15) is 4.79 Å². The van der Waals surface area contributed by atoms with E-state index in [0.717, 1.165) is 16.3 Å². The van der Waals surface area contributed by atoms with Crippen LogP contribution in [0, 0.1) is 0 Å². The second kappa shape index (κ2) is 5.22. The number of carboxylic acids is 1. The van der Waals surface area contributed by atoms with Crippen molar-refractivity contribution >= 4 is 17.3 Å². The Kier molecular flexibility index (Phi) is 3.26. The van der Waals surface area contributed by atoms with Crippen molar-refractivity contribution in [1.82, 2.24) is 20.0 Å². The summed E-state index contributed by atoms with van der Waals surface area (Å²) in [6, 6.07) is 9.89. The normalized spacial score (nSPS) is 10.6. The van der Waals surface area contributed by atoms with Gasteiger partial charge in [0.15, 0.2) is 5.69 Å². The van der Waals surface area contributed by atoms with E-state index >= 15 is 0 Å². The average Bonchev–Trinajstić information content (AvgIpc) is 3.10.